The highest BCUT2D eigenvalue weighted by atomic mass is 16.5. The third-order valence-corrected chi connectivity index (χ3v) is 2.36. The number of anilines is 1. The van der Waals surface area contributed by atoms with Crippen LogP contribution < -0.4 is 15.8 Å². The van der Waals surface area contributed by atoms with Crippen LogP contribution in [0.4, 0.5) is 5.69 Å². The zero-order chi connectivity index (χ0) is 13.0. The summed E-state index contributed by atoms with van der Waals surface area (Å²) in [7, 11) is 1.50. The van der Waals surface area contributed by atoms with Crippen molar-refractivity contribution in [3.63, 3.8) is 0 Å². The van der Waals surface area contributed by atoms with Gasteiger partial charge in [-0.1, -0.05) is 19.9 Å². The Hall–Kier alpha value is -2.04. The number of amides is 2. The number of methoxy groups -OCH3 is 1. The lowest BCUT2D eigenvalue weighted by Gasteiger charge is -2.12. The molecule has 0 atom stereocenters. The van der Waals surface area contributed by atoms with Gasteiger partial charge in [0.2, 0.25) is 0 Å². The van der Waals surface area contributed by atoms with Crippen molar-refractivity contribution in [3.05, 3.63) is 23.8 Å². The summed E-state index contributed by atoms with van der Waals surface area (Å²) in [6.45, 7) is 4.10. The minimum Gasteiger partial charge on any atom is -0.495 e. The van der Waals surface area contributed by atoms with Gasteiger partial charge in [0, 0.05) is 0 Å². The van der Waals surface area contributed by atoms with Gasteiger partial charge in [0.15, 0.2) is 0 Å². The SMILES string of the molecule is COc1cc(C(C)C)ccc1NC(=O)C(N)=O. The topological polar surface area (TPSA) is 81.4 Å². The molecule has 5 heteroatoms. The molecule has 0 saturated carbocycles. The molecule has 0 aromatic heterocycles. The highest BCUT2D eigenvalue weighted by molar-refractivity contribution is 6.39. The lowest BCUT2D eigenvalue weighted by atomic mass is 10.0. The van der Waals surface area contributed by atoms with E-state index in [-0.39, 0.29) is 0 Å². The first kappa shape index (κ1) is 13.0. The van der Waals surface area contributed by atoms with E-state index in [0.717, 1.165) is 5.56 Å². The van der Waals surface area contributed by atoms with Crippen molar-refractivity contribution in [1.82, 2.24) is 0 Å². The second-order valence-electron chi connectivity index (χ2n) is 3.93. The van der Waals surface area contributed by atoms with E-state index in [2.05, 4.69) is 19.2 Å². The Morgan fingerprint density at radius 3 is 2.47 bits per heavy atom. The Morgan fingerprint density at radius 2 is 2.00 bits per heavy atom. The summed E-state index contributed by atoms with van der Waals surface area (Å²) in [6, 6.07) is 5.38. The van der Waals surface area contributed by atoms with Crippen LogP contribution in [0.3, 0.4) is 0 Å². The number of carbonyl (C=O) groups is 2. The van der Waals surface area contributed by atoms with E-state index < -0.39 is 11.8 Å². The molecule has 0 aliphatic heterocycles. The molecule has 5 nitrogen and oxygen atoms in total. The molecule has 0 spiro atoms. The average Bonchev–Trinajstić information content (AvgIpc) is 2.28. The monoisotopic (exact) mass is 236 g/mol. The number of nitrogens with two attached hydrogens (primary N) is 1. The van der Waals surface area contributed by atoms with Crippen LogP contribution >= 0.6 is 0 Å². The van der Waals surface area contributed by atoms with E-state index in [1.165, 1.54) is 7.11 Å². The van der Waals surface area contributed by atoms with E-state index >= 15 is 0 Å². The van der Waals surface area contributed by atoms with Gasteiger partial charge in [-0.2, -0.15) is 0 Å². The van der Waals surface area contributed by atoms with E-state index in [0.29, 0.717) is 17.4 Å². The van der Waals surface area contributed by atoms with Gasteiger partial charge in [-0.3, -0.25) is 9.59 Å². The van der Waals surface area contributed by atoms with Crippen LogP contribution in [0.1, 0.15) is 25.3 Å². The van der Waals surface area contributed by atoms with Crippen LogP contribution in [-0.2, 0) is 9.59 Å². The number of nitrogens with one attached hydrogen (secondary N) is 1. The van der Waals surface area contributed by atoms with E-state index in [1.807, 2.05) is 12.1 Å². The van der Waals surface area contributed by atoms with Gasteiger partial charge in [-0.05, 0) is 23.6 Å². The van der Waals surface area contributed by atoms with Gasteiger partial charge >= 0.3 is 11.8 Å². The fraction of sp³-hybridized carbons (Fsp3) is 0.333. The number of benzene rings is 1. The Morgan fingerprint density at radius 1 is 1.35 bits per heavy atom. The highest BCUT2D eigenvalue weighted by Crippen LogP contribution is 2.28. The minimum atomic E-state index is -1.03. The number of hydrogen-bond acceptors (Lipinski definition) is 3. The normalized spacial score (nSPS) is 10.1. The van der Waals surface area contributed by atoms with Crippen molar-refractivity contribution in [2.24, 2.45) is 5.73 Å². The molecular weight excluding hydrogens is 220 g/mol. The Kier molecular flexibility index (Phi) is 4.09. The van der Waals surface area contributed by atoms with Crippen LogP contribution in [0.5, 0.6) is 5.75 Å². The van der Waals surface area contributed by atoms with Crippen LogP contribution in [0.2, 0.25) is 0 Å². The predicted molar refractivity (Wildman–Crippen MR) is 64.9 cm³/mol. The van der Waals surface area contributed by atoms with Gasteiger partial charge < -0.3 is 15.8 Å². The zero-order valence-corrected chi connectivity index (χ0v) is 10.1. The van der Waals surface area contributed by atoms with Crippen molar-refractivity contribution in [2.75, 3.05) is 12.4 Å². The molecule has 0 aliphatic carbocycles. The molecule has 0 radical (unpaired) electrons. The number of carbonyl (C=O) groups excluding carboxylic acids is 2. The minimum absolute atomic E-state index is 0.352. The molecule has 0 unspecified atom stereocenters. The van der Waals surface area contributed by atoms with Crippen molar-refractivity contribution in [2.45, 2.75) is 19.8 Å². The maximum Gasteiger partial charge on any atom is 0.313 e. The summed E-state index contributed by atoms with van der Waals surface area (Å²) in [4.78, 5) is 21.8. The van der Waals surface area contributed by atoms with Crippen molar-refractivity contribution >= 4 is 17.5 Å². The number of ether oxygens (including phenoxy) is 1. The van der Waals surface area contributed by atoms with Crippen LogP contribution in [0.15, 0.2) is 18.2 Å². The smallest absolute Gasteiger partial charge is 0.313 e. The first-order valence-corrected chi connectivity index (χ1v) is 5.24. The molecule has 1 aromatic rings. The maximum absolute atomic E-state index is 11.2. The summed E-state index contributed by atoms with van der Waals surface area (Å²) in [5.74, 6) is -1.03. The van der Waals surface area contributed by atoms with Gasteiger partial charge in [-0.15, -0.1) is 0 Å². The number of primary amides is 1. The quantitative estimate of drug-likeness (QED) is 0.775. The van der Waals surface area contributed by atoms with Crippen molar-refractivity contribution in [1.29, 1.82) is 0 Å². The van der Waals surface area contributed by atoms with Crippen LogP contribution in [-0.4, -0.2) is 18.9 Å². The second kappa shape index (κ2) is 5.34. The Labute approximate surface area is 99.9 Å². The van der Waals surface area contributed by atoms with Gasteiger partial charge in [0.05, 0.1) is 12.8 Å². The number of hydrogen-bond donors (Lipinski definition) is 2. The van der Waals surface area contributed by atoms with Gasteiger partial charge in [0.1, 0.15) is 5.75 Å². The molecule has 3 N–H and O–H groups in total. The molecule has 0 aliphatic rings. The van der Waals surface area contributed by atoms with Crippen LogP contribution in [0.25, 0.3) is 0 Å². The average molecular weight is 236 g/mol. The Balaban J connectivity index is 3.00. The molecule has 0 saturated heterocycles. The molecule has 2 amide bonds. The van der Waals surface area contributed by atoms with E-state index in [4.69, 9.17) is 10.5 Å². The lowest BCUT2D eigenvalue weighted by Crippen LogP contribution is -2.29. The molecular formula is C12H16N2O3. The molecule has 92 valence electrons. The maximum atomic E-state index is 11.2. The molecule has 17 heavy (non-hydrogen) atoms. The van der Waals surface area contributed by atoms with Gasteiger partial charge in [-0.25, -0.2) is 0 Å². The van der Waals surface area contributed by atoms with E-state index in [9.17, 15) is 9.59 Å². The summed E-state index contributed by atoms with van der Waals surface area (Å²) in [6.07, 6.45) is 0. The second-order valence-corrected chi connectivity index (χ2v) is 3.93. The van der Waals surface area contributed by atoms with Gasteiger partial charge in [0.25, 0.3) is 0 Å². The molecule has 1 aromatic carbocycles. The third-order valence-electron chi connectivity index (χ3n) is 2.36. The highest BCUT2D eigenvalue weighted by Gasteiger charge is 2.13. The summed E-state index contributed by atoms with van der Waals surface area (Å²) >= 11 is 0. The first-order chi connectivity index (χ1) is 7.95. The number of rotatable bonds is 3. The fourth-order valence-electron chi connectivity index (χ4n) is 1.35. The van der Waals surface area contributed by atoms with Crippen molar-refractivity contribution < 1.29 is 14.3 Å². The summed E-state index contributed by atoms with van der Waals surface area (Å²) in [5.41, 5.74) is 6.38. The largest absolute Gasteiger partial charge is 0.495 e. The van der Waals surface area contributed by atoms with E-state index in [1.54, 1.807) is 6.07 Å². The summed E-state index contributed by atoms with van der Waals surface area (Å²) < 4.78 is 5.15. The predicted octanol–water partition coefficient (Wildman–Crippen LogP) is 1.24. The third kappa shape index (κ3) is 3.21. The zero-order valence-electron chi connectivity index (χ0n) is 10.1. The standard InChI is InChI=1S/C12H16N2O3/c1-7(2)8-4-5-9(10(6-8)17-3)14-12(16)11(13)15/h4-7H,1-3H3,(H2,13,15)(H,14,16). The fourth-order valence-corrected chi connectivity index (χ4v) is 1.35. The molecule has 0 heterocycles. The molecule has 1 rings (SSSR count). The lowest BCUT2D eigenvalue weighted by molar-refractivity contribution is -0.134. The molecule has 0 bridgehead atoms. The molecule has 0 fully saturated rings. The van der Waals surface area contributed by atoms with Crippen molar-refractivity contribution in [3.8, 4) is 5.75 Å². The first-order valence-electron chi connectivity index (χ1n) is 5.24. The summed E-state index contributed by atoms with van der Waals surface area (Å²) in [5, 5.41) is 2.39. The Bertz CT molecular complexity index is 441. The van der Waals surface area contributed by atoms with Crippen LogP contribution in [0, 0.1) is 0 Å².